The molecule has 0 fully saturated rings. The van der Waals surface area contributed by atoms with Gasteiger partial charge in [0.25, 0.3) is 5.91 Å². The highest BCUT2D eigenvalue weighted by Crippen LogP contribution is 2.24. The normalized spacial score (nSPS) is 10.6. The number of nitrogens with one attached hydrogen (secondary N) is 1. The molecule has 0 aliphatic rings. The van der Waals surface area contributed by atoms with Crippen molar-refractivity contribution in [2.24, 2.45) is 0 Å². The van der Waals surface area contributed by atoms with Crippen LogP contribution >= 0.6 is 11.3 Å². The molecular formula is C15H10FNOS. The molecule has 1 heterocycles. The van der Waals surface area contributed by atoms with Crippen molar-refractivity contribution in [3.8, 4) is 0 Å². The Kier molecular flexibility index (Phi) is 3.01. The second-order valence-electron chi connectivity index (χ2n) is 4.14. The lowest BCUT2D eigenvalue weighted by Crippen LogP contribution is -2.11. The van der Waals surface area contributed by atoms with Gasteiger partial charge in [0.15, 0.2) is 0 Å². The molecule has 0 spiro atoms. The lowest BCUT2D eigenvalue weighted by atomic mass is 10.2. The number of carbonyl (C=O) groups is 1. The third-order valence-corrected chi connectivity index (χ3v) is 3.69. The van der Waals surface area contributed by atoms with Crippen LogP contribution in [0.5, 0.6) is 0 Å². The first-order valence-corrected chi connectivity index (χ1v) is 6.64. The van der Waals surface area contributed by atoms with Crippen LogP contribution in [0, 0.1) is 5.82 Å². The number of amides is 1. The number of anilines is 1. The molecule has 1 N–H and O–H groups in total. The molecule has 3 aromatic rings. The largest absolute Gasteiger partial charge is 0.322 e. The maximum absolute atomic E-state index is 13.1. The summed E-state index contributed by atoms with van der Waals surface area (Å²) in [4.78, 5) is 12.0. The van der Waals surface area contributed by atoms with E-state index in [2.05, 4.69) is 5.32 Å². The number of fused-ring (bicyclic) bond motifs is 1. The van der Waals surface area contributed by atoms with Crippen molar-refractivity contribution in [1.29, 1.82) is 0 Å². The summed E-state index contributed by atoms with van der Waals surface area (Å²) in [6.45, 7) is 0. The van der Waals surface area contributed by atoms with Crippen molar-refractivity contribution in [1.82, 2.24) is 0 Å². The molecule has 4 heteroatoms. The molecule has 3 rings (SSSR count). The van der Waals surface area contributed by atoms with E-state index in [1.807, 2.05) is 29.6 Å². The second kappa shape index (κ2) is 4.82. The van der Waals surface area contributed by atoms with E-state index in [-0.39, 0.29) is 5.91 Å². The predicted molar refractivity (Wildman–Crippen MR) is 76.2 cm³/mol. The third kappa shape index (κ3) is 2.48. The average molecular weight is 271 g/mol. The first-order chi connectivity index (χ1) is 9.22. The van der Waals surface area contributed by atoms with Gasteiger partial charge in [-0.1, -0.05) is 6.07 Å². The summed E-state index contributed by atoms with van der Waals surface area (Å²) < 4.78 is 14.2. The maximum Gasteiger partial charge on any atom is 0.255 e. The lowest BCUT2D eigenvalue weighted by Gasteiger charge is -2.05. The van der Waals surface area contributed by atoms with Crippen LogP contribution in [0.25, 0.3) is 10.1 Å². The molecular weight excluding hydrogens is 261 g/mol. The Balaban J connectivity index is 1.86. The number of thiophene rings is 1. The van der Waals surface area contributed by atoms with Crippen LogP contribution in [0.15, 0.2) is 53.9 Å². The zero-order chi connectivity index (χ0) is 13.2. The summed E-state index contributed by atoms with van der Waals surface area (Å²) in [5.41, 5.74) is 1.02. The Morgan fingerprint density at radius 3 is 2.84 bits per heavy atom. The van der Waals surface area contributed by atoms with Gasteiger partial charge in [-0.25, -0.2) is 4.39 Å². The number of carbonyl (C=O) groups excluding carboxylic acids is 1. The van der Waals surface area contributed by atoms with E-state index < -0.39 is 5.82 Å². The molecule has 94 valence electrons. The van der Waals surface area contributed by atoms with Gasteiger partial charge in [-0.2, -0.15) is 0 Å². The summed E-state index contributed by atoms with van der Waals surface area (Å²) >= 11 is 1.65. The zero-order valence-corrected chi connectivity index (χ0v) is 10.7. The van der Waals surface area contributed by atoms with Gasteiger partial charge in [-0.15, -0.1) is 11.3 Å². The Hall–Kier alpha value is -2.20. The predicted octanol–water partition coefficient (Wildman–Crippen LogP) is 4.29. The average Bonchev–Trinajstić information content (AvgIpc) is 2.86. The van der Waals surface area contributed by atoms with Crippen LogP contribution in [0.1, 0.15) is 10.4 Å². The Morgan fingerprint density at radius 2 is 2.00 bits per heavy atom. The molecule has 19 heavy (non-hydrogen) atoms. The summed E-state index contributed by atoms with van der Waals surface area (Å²) in [7, 11) is 0. The number of rotatable bonds is 2. The zero-order valence-electron chi connectivity index (χ0n) is 9.89. The van der Waals surface area contributed by atoms with Gasteiger partial charge >= 0.3 is 0 Å². The highest BCUT2D eigenvalue weighted by atomic mass is 32.1. The van der Waals surface area contributed by atoms with E-state index in [1.54, 1.807) is 17.4 Å². The fourth-order valence-corrected chi connectivity index (χ4v) is 2.65. The van der Waals surface area contributed by atoms with Gasteiger partial charge in [-0.3, -0.25) is 4.79 Å². The summed E-state index contributed by atoms with van der Waals surface area (Å²) in [5, 5.41) is 5.85. The van der Waals surface area contributed by atoms with E-state index in [0.717, 1.165) is 5.39 Å². The second-order valence-corrected chi connectivity index (χ2v) is 5.09. The highest BCUT2D eigenvalue weighted by Gasteiger charge is 2.07. The standard InChI is InChI=1S/C15H10FNOS/c16-12-3-1-2-11(8-12)15(18)17-13-4-5-14-10(9-13)6-7-19-14/h1-9H,(H,17,18). The van der Waals surface area contributed by atoms with Crippen molar-refractivity contribution in [2.45, 2.75) is 0 Å². The topological polar surface area (TPSA) is 29.1 Å². The van der Waals surface area contributed by atoms with Gasteiger partial charge < -0.3 is 5.32 Å². The molecule has 0 unspecified atom stereocenters. The SMILES string of the molecule is O=C(Nc1ccc2sccc2c1)c1cccc(F)c1. The van der Waals surface area contributed by atoms with Crippen LogP contribution in [-0.2, 0) is 0 Å². The van der Waals surface area contributed by atoms with E-state index in [4.69, 9.17) is 0 Å². The van der Waals surface area contributed by atoms with E-state index >= 15 is 0 Å². The molecule has 0 saturated heterocycles. The summed E-state index contributed by atoms with van der Waals surface area (Å²) in [6, 6.07) is 13.3. The molecule has 2 aromatic carbocycles. The molecule has 0 atom stereocenters. The first kappa shape index (κ1) is 11.9. The molecule has 0 aliphatic carbocycles. The third-order valence-electron chi connectivity index (χ3n) is 2.80. The van der Waals surface area contributed by atoms with E-state index in [9.17, 15) is 9.18 Å². The van der Waals surface area contributed by atoms with Crippen molar-refractivity contribution in [3.05, 3.63) is 65.3 Å². The molecule has 0 radical (unpaired) electrons. The summed E-state index contributed by atoms with van der Waals surface area (Å²) in [5.74, 6) is -0.727. The highest BCUT2D eigenvalue weighted by molar-refractivity contribution is 7.17. The molecule has 1 amide bonds. The minimum Gasteiger partial charge on any atom is -0.322 e. The van der Waals surface area contributed by atoms with Gasteiger partial charge in [0.05, 0.1) is 0 Å². The van der Waals surface area contributed by atoms with Crippen LogP contribution < -0.4 is 5.32 Å². The van der Waals surface area contributed by atoms with Gasteiger partial charge in [0, 0.05) is 16.0 Å². The summed E-state index contributed by atoms with van der Waals surface area (Å²) in [6.07, 6.45) is 0. The smallest absolute Gasteiger partial charge is 0.255 e. The maximum atomic E-state index is 13.1. The van der Waals surface area contributed by atoms with E-state index in [1.165, 1.54) is 22.9 Å². The molecule has 0 aliphatic heterocycles. The monoisotopic (exact) mass is 271 g/mol. The quantitative estimate of drug-likeness (QED) is 0.740. The van der Waals surface area contributed by atoms with Crippen molar-refractivity contribution in [3.63, 3.8) is 0 Å². The van der Waals surface area contributed by atoms with Crippen LogP contribution in [0.2, 0.25) is 0 Å². The fourth-order valence-electron chi connectivity index (χ4n) is 1.88. The molecule has 0 bridgehead atoms. The van der Waals surface area contributed by atoms with Crippen molar-refractivity contribution < 1.29 is 9.18 Å². The Morgan fingerprint density at radius 1 is 1.11 bits per heavy atom. The number of benzene rings is 2. The number of hydrogen-bond donors (Lipinski definition) is 1. The number of hydrogen-bond acceptors (Lipinski definition) is 2. The minimum atomic E-state index is -0.416. The van der Waals surface area contributed by atoms with Crippen molar-refractivity contribution >= 4 is 33.0 Å². The van der Waals surface area contributed by atoms with Gasteiger partial charge in [0.2, 0.25) is 0 Å². The van der Waals surface area contributed by atoms with Gasteiger partial charge in [0.1, 0.15) is 5.82 Å². The Labute approximate surface area is 113 Å². The number of halogens is 1. The van der Waals surface area contributed by atoms with Crippen molar-refractivity contribution in [2.75, 3.05) is 5.32 Å². The van der Waals surface area contributed by atoms with Crippen LogP contribution in [-0.4, -0.2) is 5.91 Å². The minimum absolute atomic E-state index is 0.311. The van der Waals surface area contributed by atoms with Gasteiger partial charge in [-0.05, 0) is 53.2 Å². The first-order valence-electron chi connectivity index (χ1n) is 5.76. The van der Waals surface area contributed by atoms with E-state index in [0.29, 0.717) is 11.3 Å². The lowest BCUT2D eigenvalue weighted by molar-refractivity contribution is 0.102. The fraction of sp³-hybridized carbons (Fsp3) is 0. The molecule has 1 aromatic heterocycles. The molecule has 2 nitrogen and oxygen atoms in total. The Bertz CT molecular complexity index is 750. The van der Waals surface area contributed by atoms with Crippen LogP contribution in [0.4, 0.5) is 10.1 Å². The van der Waals surface area contributed by atoms with Crippen LogP contribution in [0.3, 0.4) is 0 Å². The molecule has 0 saturated carbocycles.